The van der Waals surface area contributed by atoms with Gasteiger partial charge in [0.05, 0.1) is 23.6 Å². The van der Waals surface area contributed by atoms with Crippen LogP contribution in [0.15, 0.2) is 35.7 Å². The largest absolute Gasteiger partial charge is 0.461 e. The van der Waals surface area contributed by atoms with Crippen molar-refractivity contribution in [1.29, 1.82) is 0 Å². The standard InChI is InChI=1S/C19H18ClN3O3S/c1-3-26-19(25)18-22-15(10-27-18)16-8-14(17(21)24)11(2)23(16)9-12-4-6-13(20)7-5-12/h4-8,10H,3,9H2,1-2H3,(H2,21,24). The second-order valence-corrected chi connectivity index (χ2v) is 7.16. The Morgan fingerprint density at radius 3 is 2.63 bits per heavy atom. The fourth-order valence-electron chi connectivity index (χ4n) is 2.76. The van der Waals surface area contributed by atoms with Crippen LogP contribution >= 0.6 is 22.9 Å². The van der Waals surface area contributed by atoms with Crippen LogP contribution in [0.2, 0.25) is 5.02 Å². The monoisotopic (exact) mass is 403 g/mol. The summed E-state index contributed by atoms with van der Waals surface area (Å²) in [7, 11) is 0. The number of carbonyl (C=O) groups excluding carboxylic acids is 2. The zero-order valence-corrected chi connectivity index (χ0v) is 16.4. The van der Waals surface area contributed by atoms with Gasteiger partial charge in [0.2, 0.25) is 5.01 Å². The average Bonchev–Trinajstić information content (AvgIpc) is 3.23. The summed E-state index contributed by atoms with van der Waals surface area (Å²) in [6.45, 7) is 4.37. The summed E-state index contributed by atoms with van der Waals surface area (Å²) in [5.74, 6) is -0.971. The molecule has 2 heterocycles. The highest BCUT2D eigenvalue weighted by Gasteiger charge is 2.20. The van der Waals surface area contributed by atoms with Gasteiger partial charge in [-0.25, -0.2) is 9.78 Å². The number of aromatic nitrogens is 2. The summed E-state index contributed by atoms with van der Waals surface area (Å²) in [6, 6.07) is 9.16. The number of nitrogens with zero attached hydrogens (tertiary/aromatic N) is 2. The molecule has 2 N–H and O–H groups in total. The van der Waals surface area contributed by atoms with E-state index in [0.29, 0.717) is 28.5 Å². The van der Waals surface area contributed by atoms with Crippen LogP contribution in [0.4, 0.5) is 0 Å². The van der Waals surface area contributed by atoms with Crippen molar-refractivity contribution in [2.45, 2.75) is 20.4 Å². The predicted octanol–water partition coefficient (Wildman–Crippen LogP) is 3.90. The molecule has 0 aliphatic carbocycles. The van der Waals surface area contributed by atoms with E-state index in [-0.39, 0.29) is 11.6 Å². The van der Waals surface area contributed by atoms with E-state index in [1.54, 1.807) is 18.4 Å². The van der Waals surface area contributed by atoms with E-state index in [1.165, 1.54) is 11.3 Å². The van der Waals surface area contributed by atoms with Gasteiger partial charge < -0.3 is 15.0 Å². The molecule has 0 unspecified atom stereocenters. The van der Waals surface area contributed by atoms with E-state index in [0.717, 1.165) is 11.3 Å². The second-order valence-electron chi connectivity index (χ2n) is 5.86. The van der Waals surface area contributed by atoms with Crippen LogP contribution in [0, 0.1) is 6.92 Å². The molecule has 0 radical (unpaired) electrons. The van der Waals surface area contributed by atoms with E-state index in [9.17, 15) is 9.59 Å². The van der Waals surface area contributed by atoms with Crippen molar-refractivity contribution in [2.75, 3.05) is 6.61 Å². The quantitative estimate of drug-likeness (QED) is 0.632. The molecule has 1 amide bonds. The summed E-state index contributed by atoms with van der Waals surface area (Å²) in [5.41, 5.74) is 8.99. The van der Waals surface area contributed by atoms with Crippen molar-refractivity contribution in [2.24, 2.45) is 5.73 Å². The molecule has 27 heavy (non-hydrogen) atoms. The normalized spacial score (nSPS) is 10.8. The number of rotatable bonds is 6. The van der Waals surface area contributed by atoms with Gasteiger partial charge in [-0.1, -0.05) is 23.7 Å². The summed E-state index contributed by atoms with van der Waals surface area (Å²) in [6.07, 6.45) is 0. The van der Waals surface area contributed by atoms with E-state index in [4.69, 9.17) is 22.1 Å². The fraction of sp³-hybridized carbons (Fsp3) is 0.211. The summed E-state index contributed by atoms with van der Waals surface area (Å²) in [5, 5.41) is 2.69. The van der Waals surface area contributed by atoms with Crippen molar-refractivity contribution in [3.63, 3.8) is 0 Å². The minimum Gasteiger partial charge on any atom is -0.461 e. The molecule has 8 heteroatoms. The Labute approximate surface area is 165 Å². The number of nitrogens with two attached hydrogens (primary N) is 1. The highest BCUT2D eigenvalue weighted by Crippen LogP contribution is 2.28. The van der Waals surface area contributed by atoms with Crippen LogP contribution in [-0.2, 0) is 11.3 Å². The first-order valence-corrected chi connectivity index (χ1v) is 9.53. The van der Waals surface area contributed by atoms with Crippen LogP contribution in [0.25, 0.3) is 11.4 Å². The van der Waals surface area contributed by atoms with E-state index in [2.05, 4.69) is 4.98 Å². The van der Waals surface area contributed by atoms with Crippen LogP contribution in [0.5, 0.6) is 0 Å². The molecule has 2 aromatic heterocycles. The Balaban J connectivity index is 2.03. The molecule has 3 aromatic rings. The summed E-state index contributed by atoms with van der Waals surface area (Å²) in [4.78, 5) is 28.1. The average molecular weight is 404 g/mol. The minimum atomic E-state index is -0.510. The number of esters is 1. The smallest absolute Gasteiger partial charge is 0.367 e. The minimum absolute atomic E-state index is 0.268. The third kappa shape index (κ3) is 4.04. The van der Waals surface area contributed by atoms with Gasteiger partial charge in [0.15, 0.2) is 0 Å². The Morgan fingerprint density at radius 1 is 1.30 bits per heavy atom. The fourth-order valence-corrected chi connectivity index (χ4v) is 3.59. The lowest BCUT2D eigenvalue weighted by atomic mass is 10.2. The molecule has 6 nitrogen and oxygen atoms in total. The maximum absolute atomic E-state index is 11.9. The van der Waals surface area contributed by atoms with Crippen LogP contribution in [0.1, 0.15) is 38.3 Å². The lowest BCUT2D eigenvalue weighted by Crippen LogP contribution is -2.12. The number of hydrogen-bond acceptors (Lipinski definition) is 5. The van der Waals surface area contributed by atoms with Crippen molar-refractivity contribution >= 4 is 34.8 Å². The van der Waals surface area contributed by atoms with Crippen molar-refractivity contribution in [3.8, 4) is 11.4 Å². The predicted molar refractivity (Wildman–Crippen MR) is 105 cm³/mol. The number of ether oxygens (including phenoxy) is 1. The van der Waals surface area contributed by atoms with Gasteiger partial charge in [0.1, 0.15) is 0 Å². The number of carbonyl (C=O) groups is 2. The maximum atomic E-state index is 11.9. The number of amides is 1. The molecule has 140 valence electrons. The Kier molecular flexibility index (Phi) is 5.62. The first kappa shape index (κ1) is 19.1. The third-order valence-corrected chi connectivity index (χ3v) is 5.18. The summed E-state index contributed by atoms with van der Waals surface area (Å²) >= 11 is 7.16. The van der Waals surface area contributed by atoms with Gasteiger partial charge in [-0.15, -0.1) is 11.3 Å². The molecule has 0 spiro atoms. The number of thiazole rings is 1. The molecule has 0 bridgehead atoms. The first-order chi connectivity index (χ1) is 12.9. The van der Waals surface area contributed by atoms with Crippen molar-refractivity contribution < 1.29 is 14.3 Å². The van der Waals surface area contributed by atoms with Gasteiger partial charge in [0.25, 0.3) is 5.91 Å². The molecule has 1 aromatic carbocycles. The zero-order chi connectivity index (χ0) is 19.6. The lowest BCUT2D eigenvalue weighted by molar-refractivity contribution is 0.0526. The Morgan fingerprint density at radius 2 is 2.00 bits per heavy atom. The molecule has 0 saturated heterocycles. The van der Waals surface area contributed by atoms with Gasteiger partial charge >= 0.3 is 5.97 Å². The number of benzene rings is 1. The van der Waals surface area contributed by atoms with Gasteiger partial charge in [0, 0.05) is 22.6 Å². The molecular weight excluding hydrogens is 386 g/mol. The lowest BCUT2D eigenvalue weighted by Gasteiger charge is -2.11. The maximum Gasteiger partial charge on any atom is 0.367 e. The number of hydrogen-bond donors (Lipinski definition) is 1. The van der Waals surface area contributed by atoms with Crippen LogP contribution in [0.3, 0.4) is 0 Å². The molecule has 0 aliphatic heterocycles. The Bertz CT molecular complexity index is 992. The van der Waals surface area contributed by atoms with Crippen LogP contribution < -0.4 is 5.73 Å². The zero-order valence-electron chi connectivity index (χ0n) is 14.9. The van der Waals surface area contributed by atoms with E-state index >= 15 is 0 Å². The number of halogens is 1. The van der Waals surface area contributed by atoms with Gasteiger partial charge in [-0.2, -0.15) is 0 Å². The SMILES string of the molecule is CCOC(=O)c1nc(-c2cc(C(N)=O)c(C)n2Cc2ccc(Cl)cc2)cs1. The van der Waals surface area contributed by atoms with E-state index < -0.39 is 11.9 Å². The topological polar surface area (TPSA) is 87.2 Å². The Hall–Kier alpha value is -2.64. The number of primary amides is 1. The second kappa shape index (κ2) is 7.94. The van der Waals surface area contributed by atoms with E-state index in [1.807, 2.05) is 35.8 Å². The molecule has 3 rings (SSSR count). The molecule has 0 saturated carbocycles. The third-order valence-electron chi connectivity index (χ3n) is 4.10. The van der Waals surface area contributed by atoms with Gasteiger partial charge in [-0.05, 0) is 37.6 Å². The van der Waals surface area contributed by atoms with Crippen LogP contribution in [-0.4, -0.2) is 28.0 Å². The molecular formula is C19H18ClN3O3S. The van der Waals surface area contributed by atoms with Crippen molar-refractivity contribution in [1.82, 2.24) is 9.55 Å². The molecule has 0 fully saturated rings. The molecule has 0 atom stereocenters. The van der Waals surface area contributed by atoms with Gasteiger partial charge in [-0.3, -0.25) is 4.79 Å². The van der Waals surface area contributed by atoms with Crippen molar-refractivity contribution in [3.05, 3.63) is 62.6 Å². The molecule has 0 aliphatic rings. The summed E-state index contributed by atoms with van der Waals surface area (Å²) < 4.78 is 6.95. The first-order valence-electron chi connectivity index (χ1n) is 8.28. The highest BCUT2D eigenvalue weighted by atomic mass is 35.5. The highest BCUT2D eigenvalue weighted by molar-refractivity contribution is 7.11.